The van der Waals surface area contributed by atoms with Crippen LogP contribution in [0.3, 0.4) is 0 Å². The average molecular weight is 240 g/mol. The van der Waals surface area contributed by atoms with Crippen molar-refractivity contribution in [3.63, 3.8) is 0 Å². The van der Waals surface area contributed by atoms with Crippen molar-refractivity contribution in [3.05, 3.63) is 0 Å². The van der Waals surface area contributed by atoms with Crippen LogP contribution in [-0.2, 0) is 9.59 Å². The average Bonchev–Trinajstić information content (AvgIpc) is 2.23. The predicted octanol–water partition coefficient (Wildman–Crippen LogP) is 0.261. The van der Waals surface area contributed by atoms with Crippen LogP contribution >= 0.6 is 0 Å². The minimum absolute atomic E-state index is 0.153. The van der Waals surface area contributed by atoms with Gasteiger partial charge in [0.15, 0.2) is 0 Å². The summed E-state index contributed by atoms with van der Waals surface area (Å²) in [6, 6.07) is 0. The minimum Gasteiger partial charge on any atom is -0.481 e. The van der Waals surface area contributed by atoms with Crippen LogP contribution in [0.15, 0.2) is 0 Å². The Morgan fingerprint density at radius 1 is 1.24 bits per heavy atom. The zero-order valence-electron chi connectivity index (χ0n) is 10.3. The van der Waals surface area contributed by atoms with E-state index in [1.165, 1.54) is 0 Å². The van der Waals surface area contributed by atoms with E-state index in [1.54, 1.807) is 0 Å². The van der Waals surface area contributed by atoms with Crippen LogP contribution < -0.4 is 0 Å². The van der Waals surface area contributed by atoms with E-state index in [2.05, 4.69) is 6.92 Å². The second-order valence-corrected chi connectivity index (χ2v) is 5.29. The maximum Gasteiger partial charge on any atom is 0.309 e. The van der Waals surface area contributed by atoms with Crippen LogP contribution in [-0.4, -0.2) is 59.5 Å². The molecule has 96 valence electrons. The molecule has 2 rings (SSSR count). The van der Waals surface area contributed by atoms with E-state index in [4.69, 9.17) is 5.11 Å². The number of carbonyl (C=O) groups excluding carboxylic acids is 1. The number of hydrogen-bond donors (Lipinski definition) is 1. The lowest BCUT2D eigenvalue weighted by Crippen LogP contribution is -2.54. The molecule has 5 nitrogen and oxygen atoms in total. The molecule has 2 saturated heterocycles. The highest BCUT2D eigenvalue weighted by Gasteiger charge is 2.34. The van der Waals surface area contributed by atoms with Crippen LogP contribution in [0.25, 0.3) is 0 Å². The van der Waals surface area contributed by atoms with Crippen molar-refractivity contribution in [1.29, 1.82) is 0 Å². The minimum atomic E-state index is -0.750. The first kappa shape index (κ1) is 12.4. The van der Waals surface area contributed by atoms with Gasteiger partial charge in [0.05, 0.1) is 12.5 Å². The Morgan fingerprint density at radius 2 is 1.82 bits per heavy atom. The monoisotopic (exact) mass is 240 g/mol. The van der Waals surface area contributed by atoms with Gasteiger partial charge in [-0.3, -0.25) is 14.5 Å². The van der Waals surface area contributed by atoms with E-state index in [1.807, 2.05) is 9.80 Å². The number of carbonyl (C=O) groups is 2. The Kier molecular flexibility index (Phi) is 3.66. The van der Waals surface area contributed by atoms with E-state index in [0.29, 0.717) is 19.6 Å². The topological polar surface area (TPSA) is 60.9 Å². The summed E-state index contributed by atoms with van der Waals surface area (Å²) in [5, 5.41) is 8.74. The first-order chi connectivity index (χ1) is 8.06. The summed E-state index contributed by atoms with van der Waals surface area (Å²) in [5.74, 6) is -0.148. The summed E-state index contributed by atoms with van der Waals surface area (Å²) >= 11 is 0. The molecule has 0 radical (unpaired) electrons. The lowest BCUT2D eigenvalue weighted by Gasteiger charge is -2.38. The summed E-state index contributed by atoms with van der Waals surface area (Å²) in [6.45, 7) is 5.36. The highest BCUT2D eigenvalue weighted by Crippen LogP contribution is 2.18. The quantitative estimate of drug-likeness (QED) is 0.769. The van der Waals surface area contributed by atoms with Crippen LogP contribution in [0, 0.1) is 11.8 Å². The fraction of sp³-hybridized carbons (Fsp3) is 0.833. The maximum absolute atomic E-state index is 11.9. The second kappa shape index (κ2) is 5.04. The van der Waals surface area contributed by atoms with Crippen molar-refractivity contribution in [2.45, 2.75) is 19.8 Å². The van der Waals surface area contributed by atoms with Gasteiger partial charge in [0, 0.05) is 26.2 Å². The summed E-state index contributed by atoms with van der Waals surface area (Å²) in [6.07, 6.45) is 2.17. The van der Waals surface area contributed by atoms with Crippen LogP contribution in [0.1, 0.15) is 19.8 Å². The largest absolute Gasteiger partial charge is 0.481 e. The number of carboxylic acid groups (broad SMARTS) is 1. The zero-order valence-corrected chi connectivity index (χ0v) is 10.3. The van der Waals surface area contributed by atoms with Crippen molar-refractivity contribution < 1.29 is 14.7 Å². The molecule has 0 aromatic heterocycles. The molecule has 1 amide bonds. The van der Waals surface area contributed by atoms with Gasteiger partial charge in [-0.2, -0.15) is 0 Å². The number of hydrogen-bond acceptors (Lipinski definition) is 3. The van der Waals surface area contributed by atoms with Gasteiger partial charge in [-0.1, -0.05) is 6.92 Å². The summed E-state index contributed by atoms with van der Waals surface area (Å²) in [7, 11) is 0. The Morgan fingerprint density at radius 3 is 2.35 bits per heavy atom. The number of nitrogens with zero attached hydrogens (tertiary/aromatic N) is 2. The molecule has 17 heavy (non-hydrogen) atoms. The van der Waals surface area contributed by atoms with Gasteiger partial charge < -0.3 is 10.0 Å². The van der Waals surface area contributed by atoms with Crippen molar-refractivity contribution in [2.75, 3.05) is 32.7 Å². The molecule has 0 atom stereocenters. The van der Waals surface area contributed by atoms with Crippen molar-refractivity contribution >= 4 is 11.9 Å². The van der Waals surface area contributed by atoms with E-state index < -0.39 is 5.97 Å². The standard InChI is InChI=1S/C12H20N2O3/c1-9-2-4-14(5-3-9)11(15)8-13-6-10(7-13)12(16)17/h9-10H,2-8H2,1H3,(H,16,17). The first-order valence-electron chi connectivity index (χ1n) is 6.29. The highest BCUT2D eigenvalue weighted by molar-refractivity contribution is 5.79. The molecular weight excluding hydrogens is 220 g/mol. The molecule has 1 N–H and O–H groups in total. The lowest BCUT2D eigenvalue weighted by molar-refractivity contribution is -0.150. The fourth-order valence-electron chi connectivity index (χ4n) is 2.40. The van der Waals surface area contributed by atoms with Gasteiger partial charge >= 0.3 is 5.97 Å². The van der Waals surface area contributed by atoms with E-state index in [0.717, 1.165) is 31.8 Å². The van der Waals surface area contributed by atoms with Crippen molar-refractivity contribution in [3.8, 4) is 0 Å². The molecule has 2 fully saturated rings. The van der Waals surface area contributed by atoms with Crippen molar-refractivity contribution in [1.82, 2.24) is 9.80 Å². The summed E-state index contributed by atoms with van der Waals surface area (Å²) in [5.41, 5.74) is 0. The SMILES string of the molecule is CC1CCN(C(=O)CN2CC(C(=O)O)C2)CC1. The molecule has 2 aliphatic rings. The predicted molar refractivity (Wildman–Crippen MR) is 62.5 cm³/mol. The number of carboxylic acids is 1. The molecule has 0 unspecified atom stereocenters. The van der Waals surface area contributed by atoms with Crippen LogP contribution in [0.5, 0.6) is 0 Å². The third-order valence-electron chi connectivity index (χ3n) is 3.80. The number of likely N-dealkylation sites (tertiary alicyclic amines) is 2. The Bertz CT molecular complexity index is 305. The number of aliphatic carboxylic acids is 1. The Labute approximate surface area is 101 Å². The second-order valence-electron chi connectivity index (χ2n) is 5.29. The third-order valence-corrected chi connectivity index (χ3v) is 3.80. The zero-order chi connectivity index (χ0) is 12.4. The van der Waals surface area contributed by atoms with Crippen LogP contribution in [0.4, 0.5) is 0 Å². The molecule has 5 heteroatoms. The van der Waals surface area contributed by atoms with E-state index in [-0.39, 0.29) is 11.8 Å². The molecule has 0 aromatic rings. The van der Waals surface area contributed by atoms with Crippen LogP contribution in [0.2, 0.25) is 0 Å². The molecule has 0 aliphatic carbocycles. The summed E-state index contributed by atoms with van der Waals surface area (Å²) in [4.78, 5) is 26.4. The first-order valence-corrected chi connectivity index (χ1v) is 6.29. The molecular formula is C12H20N2O3. The van der Waals surface area contributed by atoms with Gasteiger partial charge in [0.2, 0.25) is 5.91 Å². The maximum atomic E-state index is 11.9. The molecule has 0 spiro atoms. The Hall–Kier alpha value is -1.10. The molecule has 2 heterocycles. The summed E-state index contributed by atoms with van der Waals surface area (Å²) < 4.78 is 0. The van der Waals surface area contributed by atoms with Gasteiger partial charge in [-0.15, -0.1) is 0 Å². The van der Waals surface area contributed by atoms with Gasteiger partial charge in [0.1, 0.15) is 0 Å². The number of rotatable bonds is 3. The van der Waals surface area contributed by atoms with E-state index in [9.17, 15) is 9.59 Å². The van der Waals surface area contributed by atoms with Gasteiger partial charge in [-0.05, 0) is 18.8 Å². The third kappa shape index (κ3) is 2.97. The smallest absolute Gasteiger partial charge is 0.309 e. The molecule has 0 saturated carbocycles. The molecule has 2 aliphatic heterocycles. The van der Waals surface area contributed by atoms with Crippen molar-refractivity contribution in [2.24, 2.45) is 11.8 Å². The van der Waals surface area contributed by atoms with Gasteiger partial charge in [0.25, 0.3) is 0 Å². The normalized spacial score (nSPS) is 23.5. The molecule has 0 aromatic carbocycles. The number of amides is 1. The highest BCUT2D eigenvalue weighted by atomic mass is 16.4. The van der Waals surface area contributed by atoms with E-state index >= 15 is 0 Å². The number of piperidine rings is 1. The lowest BCUT2D eigenvalue weighted by atomic mass is 9.98. The fourth-order valence-corrected chi connectivity index (χ4v) is 2.40. The molecule has 0 bridgehead atoms. The Balaban J connectivity index is 1.70. The van der Waals surface area contributed by atoms with Gasteiger partial charge in [-0.25, -0.2) is 0 Å².